The molecular weight excluding hydrogens is 224 g/mol. The first-order valence-corrected chi connectivity index (χ1v) is 5.99. The summed E-state index contributed by atoms with van der Waals surface area (Å²) in [5.41, 5.74) is -1.01. The first kappa shape index (κ1) is 12.2. The monoisotopic (exact) mass is 242 g/mol. The summed E-state index contributed by atoms with van der Waals surface area (Å²) in [7, 11) is 0. The summed E-state index contributed by atoms with van der Waals surface area (Å²) in [5.74, 6) is -0.609. The van der Waals surface area contributed by atoms with E-state index in [9.17, 15) is 9.59 Å². The van der Waals surface area contributed by atoms with Gasteiger partial charge in [-0.2, -0.15) is 0 Å². The SMILES string of the molecule is O=C(NC1(C(=O)O)CC1)N1CCC(CCO)C1. The molecule has 1 aliphatic carbocycles. The molecule has 1 saturated carbocycles. The number of nitrogens with zero attached hydrogens (tertiary/aromatic N) is 1. The van der Waals surface area contributed by atoms with Gasteiger partial charge in [-0.3, -0.25) is 0 Å². The lowest BCUT2D eigenvalue weighted by molar-refractivity contribution is -0.140. The third-order valence-corrected chi connectivity index (χ3v) is 3.62. The molecule has 6 heteroatoms. The number of amides is 2. The van der Waals surface area contributed by atoms with E-state index in [1.165, 1.54) is 0 Å². The van der Waals surface area contributed by atoms with E-state index >= 15 is 0 Å². The van der Waals surface area contributed by atoms with Crippen molar-refractivity contribution in [1.82, 2.24) is 10.2 Å². The van der Waals surface area contributed by atoms with Gasteiger partial charge in [-0.25, -0.2) is 9.59 Å². The molecule has 3 N–H and O–H groups in total. The van der Waals surface area contributed by atoms with E-state index in [1.54, 1.807) is 4.90 Å². The fraction of sp³-hybridized carbons (Fsp3) is 0.818. The minimum atomic E-state index is -1.01. The van der Waals surface area contributed by atoms with Crippen molar-refractivity contribution < 1.29 is 19.8 Å². The fourth-order valence-corrected chi connectivity index (χ4v) is 2.24. The molecule has 2 rings (SSSR count). The average Bonchev–Trinajstić information content (AvgIpc) is 2.90. The Balaban J connectivity index is 1.84. The topological polar surface area (TPSA) is 89.9 Å². The largest absolute Gasteiger partial charge is 0.480 e. The van der Waals surface area contributed by atoms with Crippen molar-refractivity contribution in [3.8, 4) is 0 Å². The molecule has 17 heavy (non-hydrogen) atoms. The zero-order valence-corrected chi connectivity index (χ0v) is 9.69. The Kier molecular flexibility index (Phi) is 3.24. The molecule has 2 aliphatic rings. The first-order valence-electron chi connectivity index (χ1n) is 5.99. The molecule has 0 radical (unpaired) electrons. The second kappa shape index (κ2) is 4.52. The van der Waals surface area contributed by atoms with E-state index in [-0.39, 0.29) is 12.6 Å². The molecule has 0 aromatic carbocycles. The van der Waals surface area contributed by atoms with Crippen LogP contribution in [0, 0.1) is 5.92 Å². The Morgan fingerprint density at radius 1 is 1.41 bits per heavy atom. The molecule has 6 nitrogen and oxygen atoms in total. The van der Waals surface area contributed by atoms with Gasteiger partial charge in [0, 0.05) is 19.7 Å². The second-order valence-corrected chi connectivity index (χ2v) is 4.93. The number of rotatable bonds is 4. The number of carbonyl (C=O) groups is 2. The fourth-order valence-electron chi connectivity index (χ4n) is 2.24. The second-order valence-electron chi connectivity index (χ2n) is 4.93. The zero-order chi connectivity index (χ0) is 12.5. The number of carboxylic acids is 1. The molecule has 1 heterocycles. The van der Waals surface area contributed by atoms with Gasteiger partial charge >= 0.3 is 12.0 Å². The van der Waals surface area contributed by atoms with Crippen molar-refractivity contribution in [1.29, 1.82) is 0 Å². The van der Waals surface area contributed by atoms with E-state index in [4.69, 9.17) is 10.2 Å². The summed E-state index contributed by atoms with van der Waals surface area (Å²) >= 11 is 0. The van der Waals surface area contributed by atoms with Crippen LogP contribution in [0.2, 0.25) is 0 Å². The quantitative estimate of drug-likeness (QED) is 0.648. The highest BCUT2D eigenvalue weighted by molar-refractivity contribution is 5.89. The van der Waals surface area contributed by atoms with Crippen LogP contribution in [0.5, 0.6) is 0 Å². The van der Waals surface area contributed by atoms with Gasteiger partial charge in [-0.1, -0.05) is 0 Å². The van der Waals surface area contributed by atoms with Crippen molar-refractivity contribution in [2.75, 3.05) is 19.7 Å². The van der Waals surface area contributed by atoms with Crippen molar-refractivity contribution in [3.05, 3.63) is 0 Å². The summed E-state index contributed by atoms with van der Waals surface area (Å²) in [6, 6.07) is -0.287. The standard InChI is InChI=1S/C11H18N2O4/c14-6-2-8-1-5-13(7-8)10(17)12-11(3-4-11)9(15)16/h8,14H,1-7H2,(H,12,17)(H,15,16). The van der Waals surface area contributed by atoms with Crippen LogP contribution >= 0.6 is 0 Å². The Morgan fingerprint density at radius 2 is 2.12 bits per heavy atom. The van der Waals surface area contributed by atoms with Gasteiger partial charge in [0.05, 0.1) is 0 Å². The van der Waals surface area contributed by atoms with Crippen LogP contribution in [0.15, 0.2) is 0 Å². The third kappa shape index (κ3) is 2.52. The number of aliphatic hydroxyl groups is 1. The molecule has 1 unspecified atom stereocenters. The molecule has 96 valence electrons. The molecule has 2 amide bonds. The molecule has 0 spiro atoms. The molecule has 0 bridgehead atoms. The van der Waals surface area contributed by atoms with E-state index in [0.29, 0.717) is 38.3 Å². The van der Waals surface area contributed by atoms with Crippen molar-refractivity contribution in [2.24, 2.45) is 5.92 Å². The third-order valence-electron chi connectivity index (χ3n) is 3.62. The highest BCUT2D eigenvalue weighted by atomic mass is 16.4. The summed E-state index contributed by atoms with van der Waals surface area (Å²) in [5, 5.41) is 20.4. The number of carbonyl (C=O) groups excluding carboxylic acids is 1. The van der Waals surface area contributed by atoms with Gasteiger partial charge in [0.15, 0.2) is 0 Å². The van der Waals surface area contributed by atoms with Crippen molar-refractivity contribution in [2.45, 2.75) is 31.2 Å². The van der Waals surface area contributed by atoms with Gasteiger partial charge in [0.25, 0.3) is 0 Å². The molecule has 2 fully saturated rings. The van der Waals surface area contributed by atoms with Crippen LogP contribution in [0.4, 0.5) is 4.79 Å². The number of aliphatic carboxylic acids is 1. The number of hydrogen-bond acceptors (Lipinski definition) is 3. The van der Waals surface area contributed by atoms with Gasteiger partial charge < -0.3 is 20.4 Å². The lowest BCUT2D eigenvalue weighted by atomic mass is 10.1. The minimum absolute atomic E-state index is 0.138. The Bertz CT molecular complexity index is 327. The number of carboxylic acid groups (broad SMARTS) is 1. The van der Waals surface area contributed by atoms with Crippen LogP contribution < -0.4 is 5.32 Å². The predicted octanol–water partition coefficient (Wildman–Crippen LogP) is 0.0175. The molecule has 1 saturated heterocycles. The number of nitrogens with one attached hydrogen (secondary N) is 1. The summed E-state index contributed by atoms with van der Waals surface area (Å²) < 4.78 is 0. The lowest BCUT2D eigenvalue weighted by Gasteiger charge is -2.20. The van der Waals surface area contributed by atoms with Crippen LogP contribution in [-0.2, 0) is 4.79 Å². The van der Waals surface area contributed by atoms with Crippen LogP contribution in [0.3, 0.4) is 0 Å². The highest BCUT2D eigenvalue weighted by Gasteiger charge is 2.52. The Labute approximate surface area is 99.6 Å². The summed E-state index contributed by atoms with van der Waals surface area (Å²) in [4.78, 5) is 24.4. The van der Waals surface area contributed by atoms with Crippen LogP contribution in [-0.4, -0.2) is 52.3 Å². The van der Waals surface area contributed by atoms with Crippen LogP contribution in [0.1, 0.15) is 25.7 Å². The van der Waals surface area contributed by atoms with Crippen molar-refractivity contribution in [3.63, 3.8) is 0 Å². The van der Waals surface area contributed by atoms with Crippen molar-refractivity contribution >= 4 is 12.0 Å². The normalized spacial score (nSPS) is 25.7. The average molecular weight is 242 g/mol. The Morgan fingerprint density at radius 3 is 2.65 bits per heavy atom. The van der Waals surface area contributed by atoms with E-state index < -0.39 is 11.5 Å². The van der Waals surface area contributed by atoms with E-state index in [1.807, 2.05) is 0 Å². The maximum atomic E-state index is 11.8. The molecule has 1 atom stereocenters. The number of likely N-dealkylation sites (tertiary alicyclic amines) is 1. The predicted molar refractivity (Wildman–Crippen MR) is 59.5 cm³/mol. The minimum Gasteiger partial charge on any atom is -0.480 e. The summed E-state index contributed by atoms with van der Waals surface area (Å²) in [6.45, 7) is 1.40. The number of hydrogen-bond donors (Lipinski definition) is 3. The van der Waals surface area contributed by atoms with Gasteiger partial charge in [0.2, 0.25) is 0 Å². The zero-order valence-electron chi connectivity index (χ0n) is 9.69. The maximum Gasteiger partial charge on any atom is 0.329 e. The maximum absolute atomic E-state index is 11.8. The smallest absolute Gasteiger partial charge is 0.329 e. The molecule has 0 aromatic rings. The van der Waals surface area contributed by atoms with Crippen LogP contribution in [0.25, 0.3) is 0 Å². The summed E-state index contributed by atoms with van der Waals surface area (Å²) in [6.07, 6.45) is 2.62. The van der Waals surface area contributed by atoms with E-state index in [2.05, 4.69) is 5.32 Å². The highest BCUT2D eigenvalue weighted by Crippen LogP contribution is 2.36. The molecular formula is C11H18N2O4. The van der Waals surface area contributed by atoms with Gasteiger partial charge in [-0.05, 0) is 31.6 Å². The van der Waals surface area contributed by atoms with E-state index in [0.717, 1.165) is 6.42 Å². The van der Waals surface area contributed by atoms with Gasteiger partial charge in [0.1, 0.15) is 5.54 Å². The lowest BCUT2D eigenvalue weighted by Crippen LogP contribution is -2.49. The first-order chi connectivity index (χ1) is 8.07. The molecule has 1 aliphatic heterocycles. The molecule has 0 aromatic heterocycles. The Hall–Kier alpha value is -1.30. The number of urea groups is 1. The van der Waals surface area contributed by atoms with Gasteiger partial charge in [-0.15, -0.1) is 0 Å². The number of aliphatic hydroxyl groups excluding tert-OH is 1.